The molecule has 0 spiro atoms. The van der Waals surface area contributed by atoms with E-state index < -0.39 is 0 Å². The minimum atomic E-state index is -0.110. The zero-order chi connectivity index (χ0) is 28.5. The van der Waals surface area contributed by atoms with Gasteiger partial charge in [0.05, 0.1) is 0 Å². The second-order valence-electron chi connectivity index (χ2n) is 11.4. The van der Waals surface area contributed by atoms with Crippen molar-refractivity contribution < 1.29 is 4.79 Å². The van der Waals surface area contributed by atoms with Crippen LogP contribution in [0.25, 0.3) is 75.8 Å². The van der Waals surface area contributed by atoms with Crippen LogP contribution in [0.15, 0.2) is 146 Å². The van der Waals surface area contributed by atoms with Crippen LogP contribution in [-0.4, -0.2) is 5.91 Å². The van der Waals surface area contributed by atoms with Crippen molar-refractivity contribution in [1.29, 1.82) is 0 Å². The van der Waals surface area contributed by atoms with E-state index in [0.29, 0.717) is 5.56 Å². The predicted molar refractivity (Wildman–Crippen MR) is 182 cm³/mol. The van der Waals surface area contributed by atoms with E-state index in [1.165, 1.54) is 64.6 Å². The van der Waals surface area contributed by atoms with Crippen molar-refractivity contribution in [1.82, 2.24) is 0 Å². The van der Waals surface area contributed by atoms with Crippen LogP contribution in [0.1, 0.15) is 10.4 Å². The molecular formula is C41H25NO. The molecule has 0 unspecified atom stereocenters. The lowest BCUT2D eigenvalue weighted by molar-refractivity contribution is 0.102. The molecule has 0 heterocycles. The van der Waals surface area contributed by atoms with Gasteiger partial charge in [0.15, 0.2) is 0 Å². The van der Waals surface area contributed by atoms with Crippen molar-refractivity contribution in [3.05, 3.63) is 151 Å². The fourth-order valence-electron chi connectivity index (χ4n) is 6.99. The van der Waals surface area contributed by atoms with Crippen molar-refractivity contribution >= 4 is 76.2 Å². The molecule has 9 rings (SSSR count). The van der Waals surface area contributed by atoms with Crippen molar-refractivity contribution in [3.63, 3.8) is 0 Å². The van der Waals surface area contributed by atoms with Gasteiger partial charge in [0.1, 0.15) is 0 Å². The fraction of sp³-hybridized carbons (Fsp3) is 0. The van der Waals surface area contributed by atoms with Crippen LogP contribution in [-0.2, 0) is 0 Å². The molecule has 0 aliphatic rings. The third kappa shape index (κ3) is 3.63. The van der Waals surface area contributed by atoms with Gasteiger partial charge in [-0.25, -0.2) is 0 Å². The molecular weight excluding hydrogens is 522 g/mol. The Morgan fingerprint density at radius 2 is 0.907 bits per heavy atom. The number of amides is 1. The maximum absolute atomic E-state index is 12.7. The molecule has 0 aliphatic heterocycles. The van der Waals surface area contributed by atoms with Gasteiger partial charge in [-0.3, -0.25) is 4.79 Å². The molecule has 0 radical (unpaired) electrons. The van der Waals surface area contributed by atoms with E-state index >= 15 is 0 Å². The third-order valence-electron chi connectivity index (χ3n) is 8.94. The molecule has 200 valence electrons. The normalized spacial score (nSPS) is 11.8. The van der Waals surface area contributed by atoms with Crippen LogP contribution in [0.5, 0.6) is 0 Å². The lowest BCUT2D eigenvalue weighted by Crippen LogP contribution is -2.11. The van der Waals surface area contributed by atoms with E-state index in [2.05, 4.69) is 108 Å². The number of hydrogen-bond donors (Lipinski definition) is 1. The Morgan fingerprint density at radius 3 is 1.49 bits per heavy atom. The van der Waals surface area contributed by atoms with Gasteiger partial charge in [-0.2, -0.15) is 0 Å². The van der Waals surface area contributed by atoms with Crippen LogP contribution in [0.4, 0.5) is 5.69 Å². The first-order valence-electron chi connectivity index (χ1n) is 14.6. The number of carbonyl (C=O) groups is 1. The molecule has 0 bridgehead atoms. The molecule has 2 heteroatoms. The molecule has 0 saturated heterocycles. The Balaban J connectivity index is 1.33. The lowest BCUT2D eigenvalue weighted by atomic mass is 9.86. The minimum Gasteiger partial charge on any atom is -0.322 e. The van der Waals surface area contributed by atoms with Gasteiger partial charge in [-0.1, -0.05) is 109 Å². The number of nitrogens with one attached hydrogen (secondary N) is 1. The average molecular weight is 548 g/mol. The molecule has 0 saturated carbocycles. The SMILES string of the molecule is O=C(Nc1ccc(-c2cc3ccc4cccc5c6cccc7ccc8cccc(c(c2)c3c45)c8c76)cc1)c1ccccc1. The molecule has 1 amide bonds. The largest absolute Gasteiger partial charge is 0.322 e. The van der Waals surface area contributed by atoms with Gasteiger partial charge in [0.25, 0.3) is 5.91 Å². The second-order valence-corrected chi connectivity index (χ2v) is 11.4. The monoisotopic (exact) mass is 547 g/mol. The number of hydrogen-bond acceptors (Lipinski definition) is 1. The molecule has 9 aromatic carbocycles. The minimum absolute atomic E-state index is 0.110. The highest BCUT2D eigenvalue weighted by Crippen LogP contribution is 2.44. The summed E-state index contributed by atoms with van der Waals surface area (Å²) in [6.45, 7) is 0. The lowest BCUT2D eigenvalue weighted by Gasteiger charge is -2.17. The van der Waals surface area contributed by atoms with E-state index in [1.807, 2.05) is 42.5 Å². The van der Waals surface area contributed by atoms with Crippen molar-refractivity contribution in [2.24, 2.45) is 0 Å². The van der Waals surface area contributed by atoms with E-state index in [9.17, 15) is 4.79 Å². The van der Waals surface area contributed by atoms with Gasteiger partial charge in [0.2, 0.25) is 0 Å². The van der Waals surface area contributed by atoms with Crippen LogP contribution in [0.3, 0.4) is 0 Å². The number of anilines is 1. The first kappa shape index (κ1) is 23.9. The molecule has 0 aromatic heterocycles. The van der Waals surface area contributed by atoms with E-state index in [0.717, 1.165) is 16.8 Å². The van der Waals surface area contributed by atoms with Gasteiger partial charge in [-0.15, -0.1) is 0 Å². The molecule has 0 atom stereocenters. The number of fused-ring (bicyclic) bond motifs is 2. The smallest absolute Gasteiger partial charge is 0.255 e. The van der Waals surface area contributed by atoms with Gasteiger partial charge in [0, 0.05) is 11.3 Å². The topological polar surface area (TPSA) is 29.1 Å². The van der Waals surface area contributed by atoms with E-state index in [1.54, 1.807) is 0 Å². The first-order valence-corrected chi connectivity index (χ1v) is 14.6. The zero-order valence-corrected chi connectivity index (χ0v) is 23.3. The van der Waals surface area contributed by atoms with E-state index in [-0.39, 0.29) is 5.91 Å². The van der Waals surface area contributed by atoms with Crippen molar-refractivity contribution in [3.8, 4) is 11.1 Å². The van der Waals surface area contributed by atoms with Gasteiger partial charge in [-0.05, 0) is 112 Å². The van der Waals surface area contributed by atoms with Crippen LogP contribution in [0.2, 0.25) is 0 Å². The number of rotatable bonds is 3. The Morgan fingerprint density at radius 1 is 0.395 bits per heavy atom. The summed E-state index contributed by atoms with van der Waals surface area (Å²) in [5.74, 6) is -0.110. The van der Waals surface area contributed by atoms with E-state index in [4.69, 9.17) is 0 Å². The summed E-state index contributed by atoms with van der Waals surface area (Å²) in [5, 5.41) is 18.3. The fourth-order valence-corrected chi connectivity index (χ4v) is 6.99. The predicted octanol–water partition coefficient (Wildman–Crippen LogP) is 11.0. The zero-order valence-electron chi connectivity index (χ0n) is 23.3. The molecule has 1 N–H and O–H groups in total. The summed E-state index contributed by atoms with van der Waals surface area (Å²) in [7, 11) is 0. The Bertz CT molecular complexity index is 2520. The highest BCUT2D eigenvalue weighted by Gasteiger charge is 2.16. The summed E-state index contributed by atoms with van der Waals surface area (Å²) in [5.41, 5.74) is 3.68. The average Bonchev–Trinajstić information content (AvgIpc) is 3.06. The van der Waals surface area contributed by atoms with Gasteiger partial charge < -0.3 is 5.32 Å². The molecule has 0 aliphatic carbocycles. The summed E-state index contributed by atoms with van der Waals surface area (Å²) in [6, 6.07) is 51.2. The summed E-state index contributed by atoms with van der Waals surface area (Å²) in [6.07, 6.45) is 0. The first-order chi connectivity index (χ1) is 21.2. The standard InChI is InChI=1S/C41H25NO/c43-41(29-7-2-1-3-8-29)42-32-21-19-25(20-22-32)31-23-30-18-17-28-10-5-13-34-33-12-4-9-26-15-16-27-11-6-14-35(39(27)37(26)33)36(24-31)40(30)38(28)34/h1-24H,(H,42,43). The quantitative estimate of drug-likeness (QED) is 0.219. The molecule has 0 fully saturated rings. The van der Waals surface area contributed by atoms with Crippen molar-refractivity contribution in [2.75, 3.05) is 5.32 Å². The highest BCUT2D eigenvalue weighted by atomic mass is 16.1. The Hall–Kier alpha value is -5.73. The van der Waals surface area contributed by atoms with Crippen LogP contribution < -0.4 is 5.32 Å². The summed E-state index contributed by atoms with van der Waals surface area (Å²) >= 11 is 0. The second kappa shape index (κ2) is 9.14. The molecule has 2 nitrogen and oxygen atoms in total. The summed E-state index contributed by atoms with van der Waals surface area (Å²) < 4.78 is 0. The maximum Gasteiger partial charge on any atom is 0.255 e. The Kier molecular flexibility index (Phi) is 5.08. The molecule has 43 heavy (non-hydrogen) atoms. The number of carbonyl (C=O) groups excluding carboxylic acids is 1. The molecule has 9 aromatic rings. The maximum atomic E-state index is 12.7. The highest BCUT2D eigenvalue weighted by molar-refractivity contribution is 6.37. The number of benzene rings is 8. The Labute approximate surface area is 248 Å². The van der Waals surface area contributed by atoms with Crippen LogP contribution >= 0.6 is 0 Å². The third-order valence-corrected chi connectivity index (χ3v) is 8.94. The summed E-state index contributed by atoms with van der Waals surface area (Å²) in [4.78, 5) is 12.7. The van der Waals surface area contributed by atoms with Crippen LogP contribution in [0, 0.1) is 0 Å². The van der Waals surface area contributed by atoms with Gasteiger partial charge >= 0.3 is 0 Å². The van der Waals surface area contributed by atoms with Crippen molar-refractivity contribution in [2.45, 2.75) is 0 Å².